The molecule has 0 aromatic carbocycles. The molecular formula is C14H29NO2. The third-order valence-electron chi connectivity index (χ3n) is 3.69. The molecule has 1 atom stereocenters. The van der Waals surface area contributed by atoms with Crippen LogP contribution in [0, 0.1) is 11.3 Å². The molecule has 0 amide bonds. The van der Waals surface area contributed by atoms with Gasteiger partial charge in [-0.05, 0) is 37.6 Å². The zero-order valence-corrected chi connectivity index (χ0v) is 11.9. The summed E-state index contributed by atoms with van der Waals surface area (Å²) in [6.45, 7) is 10.2. The Kier molecular flexibility index (Phi) is 5.90. The van der Waals surface area contributed by atoms with Gasteiger partial charge in [-0.3, -0.25) is 0 Å². The number of hydrogen-bond acceptors (Lipinski definition) is 3. The maximum Gasteiger partial charge on any atom is 0.0600 e. The Labute approximate surface area is 106 Å². The minimum Gasteiger partial charge on any atom is -0.393 e. The van der Waals surface area contributed by atoms with Crippen LogP contribution >= 0.6 is 0 Å². The fraction of sp³-hybridized carbons (Fsp3) is 1.00. The van der Waals surface area contributed by atoms with E-state index >= 15 is 0 Å². The number of hydrogen-bond donors (Lipinski definition) is 1. The van der Waals surface area contributed by atoms with Crippen molar-refractivity contribution in [1.29, 1.82) is 0 Å². The Morgan fingerprint density at radius 1 is 1.29 bits per heavy atom. The van der Waals surface area contributed by atoms with Crippen molar-refractivity contribution in [2.24, 2.45) is 11.3 Å². The lowest BCUT2D eigenvalue weighted by Crippen LogP contribution is -2.34. The van der Waals surface area contributed by atoms with Gasteiger partial charge in [0, 0.05) is 26.3 Å². The Bertz CT molecular complexity index is 207. The van der Waals surface area contributed by atoms with E-state index in [0.29, 0.717) is 0 Å². The fourth-order valence-corrected chi connectivity index (χ4v) is 2.24. The van der Waals surface area contributed by atoms with E-state index in [1.54, 1.807) is 0 Å². The standard InChI is InChI=1S/C14H29NO2/c1-14(2,3)13(16)5-8-15(4)11-12-6-9-17-10-7-12/h12-13,16H,5-11H2,1-4H3. The predicted molar refractivity (Wildman–Crippen MR) is 71.1 cm³/mol. The van der Waals surface area contributed by atoms with Gasteiger partial charge >= 0.3 is 0 Å². The van der Waals surface area contributed by atoms with Crippen LogP contribution in [-0.4, -0.2) is 49.5 Å². The van der Waals surface area contributed by atoms with Crippen molar-refractivity contribution in [1.82, 2.24) is 4.90 Å². The van der Waals surface area contributed by atoms with E-state index in [2.05, 4.69) is 32.7 Å². The number of rotatable bonds is 5. The molecule has 0 aromatic heterocycles. The highest BCUT2D eigenvalue weighted by molar-refractivity contribution is 4.74. The first-order valence-corrected chi connectivity index (χ1v) is 6.84. The molecule has 3 nitrogen and oxygen atoms in total. The van der Waals surface area contributed by atoms with Crippen LogP contribution in [0.5, 0.6) is 0 Å². The van der Waals surface area contributed by atoms with E-state index in [-0.39, 0.29) is 11.5 Å². The molecular weight excluding hydrogens is 214 g/mol. The molecule has 0 radical (unpaired) electrons. The number of aliphatic hydroxyl groups is 1. The molecule has 1 heterocycles. The highest BCUT2D eigenvalue weighted by Crippen LogP contribution is 2.22. The van der Waals surface area contributed by atoms with E-state index in [4.69, 9.17) is 4.74 Å². The molecule has 1 unspecified atom stereocenters. The summed E-state index contributed by atoms with van der Waals surface area (Å²) in [4.78, 5) is 2.35. The van der Waals surface area contributed by atoms with Gasteiger partial charge in [-0.15, -0.1) is 0 Å². The normalized spacial score (nSPS) is 20.8. The molecule has 0 bridgehead atoms. The van der Waals surface area contributed by atoms with Gasteiger partial charge in [0.2, 0.25) is 0 Å². The van der Waals surface area contributed by atoms with Gasteiger partial charge in [-0.25, -0.2) is 0 Å². The van der Waals surface area contributed by atoms with Gasteiger partial charge in [0.05, 0.1) is 6.10 Å². The first-order valence-electron chi connectivity index (χ1n) is 6.84. The Balaban J connectivity index is 2.18. The van der Waals surface area contributed by atoms with Gasteiger partial charge < -0.3 is 14.7 Å². The summed E-state index contributed by atoms with van der Waals surface area (Å²) in [6, 6.07) is 0. The average Bonchev–Trinajstić information content (AvgIpc) is 2.26. The second kappa shape index (κ2) is 6.72. The lowest BCUT2D eigenvalue weighted by Gasteiger charge is -2.30. The van der Waals surface area contributed by atoms with Crippen molar-refractivity contribution in [3.8, 4) is 0 Å². The lowest BCUT2D eigenvalue weighted by molar-refractivity contribution is 0.0370. The molecule has 0 saturated carbocycles. The molecule has 102 valence electrons. The third-order valence-corrected chi connectivity index (χ3v) is 3.69. The van der Waals surface area contributed by atoms with Gasteiger partial charge in [-0.1, -0.05) is 20.8 Å². The Hall–Kier alpha value is -0.120. The van der Waals surface area contributed by atoms with Crippen molar-refractivity contribution in [3.63, 3.8) is 0 Å². The SMILES string of the molecule is CN(CCC(O)C(C)(C)C)CC1CCOCC1. The van der Waals surface area contributed by atoms with Crippen molar-refractivity contribution in [3.05, 3.63) is 0 Å². The van der Waals surface area contributed by atoms with Gasteiger partial charge in [0.25, 0.3) is 0 Å². The Morgan fingerprint density at radius 2 is 1.88 bits per heavy atom. The fourth-order valence-electron chi connectivity index (χ4n) is 2.24. The molecule has 1 aliphatic heterocycles. The number of aliphatic hydroxyl groups excluding tert-OH is 1. The second-order valence-electron chi connectivity index (χ2n) is 6.49. The van der Waals surface area contributed by atoms with E-state index in [1.807, 2.05) is 0 Å². The van der Waals surface area contributed by atoms with Crippen molar-refractivity contribution in [2.75, 3.05) is 33.4 Å². The average molecular weight is 243 g/mol. The molecule has 17 heavy (non-hydrogen) atoms. The van der Waals surface area contributed by atoms with Crippen LogP contribution < -0.4 is 0 Å². The van der Waals surface area contributed by atoms with Crippen LogP contribution in [0.4, 0.5) is 0 Å². The van der Waals surface area contributed by atoms with Crippen LogP contribution in [0.15, 0.2) is 0 Å². The van der Waals surface area contributed by atoms with E-state index < -0.39 is 0 Å². The molecule has 1 fully saturated rings. The third kappa shape index (κ3) is 5.84. The van der Waals surface area contributed by atoms with Gasteiger partial charge in [-0.2, -0.15) is 0 Å². The minimum atomic E-state index is -0.209. The predicted octanol–water partition coefficient (Wildman–Crippen LogP) is 2.14. The zero-order valence-electron chi connectivity index (χ0n) is 11.9. The molecule has 0 aliphatic carbocycles. The van der Waals surface area contributed by atoms with Gasteiger partial charge in [0.15, 0.2) is 0 Å². The monoisotopic (exact) mass is 243 g/mol. The van der Waals surface area contributed by atoms with E-state index in [0.717, 1.165) is 38.6 Å². The summed E-state index contributed by atoms with van der Waals surface area (Å²) in [5, 5.41) is 9.99. The highest BCUT2D eigenvalue weighted by Gasteiger charge is 2.22. The second-order valence-corrected chi connectivity index (χ2v) is 6.49. The molecule has 1 N–H and O–H groups in total. The van der Waals surface area contributed by atoms with Crippen LogP contribution in [0.25, 0.3) is 0 Å². The van der Waals surface area contributed by atoms with Crippen molar-refractivity contribution >= 4 is 0 Å². The first kappa shape index (κ1) is 14.9. The summed E-state index contributed by atoms with van der Waals surface area (Å²) in [5.41, 5.74) is -0.000478. The van der Waals surface area contributed by atoms with Crippen LogP contribution in [0.1, 0.15) is 40.0 Å². The minimum absolute atomic E-state index is 0.000478. The number of ether oxygens (including phenoxy) is 1. The quantitative estimate of drug-likeness (QED) is 0.803. The van der Waals surface area contributed by atoms with Crippen LogP contribution in [0.2, 0.25) is 0 Å². The maximum absolute atomic E-state index is 9.99. The van der Waals surface area contributed by atoms with Gasteiger partial charge in [0.1, 0.15) is 0 Å². The molecule has 1 aliphatic rings. The van der Waals surface area contributed by atoms with Crippen molar-refractivity contribution in [2.45, 2.75) is 46.1 Å². The highest BCUT2D eigenvalue weighted by atomic mass is 16.5. The smallest absolute Gasteiger partial charge is 0.0600 e. The summed E-state index contributed by atoms with van der Waals surface area (Å²) < 4.78 is 5.37. The lowest BCUT2D eigenvalue weighted by atomic mass is 9.87. The molecule has 0 aromatic rings. The molecule has 1 saturated heterocycles. The molecule has 1 rings (SSSR count). The summed E-state index contributed by atoms with van der Waals surface area (Å²) in [6.07, 6.45) is 3.03. The Morgan fingerprint density at radius 3 is 2.41 bits per heavy atom. The maximum atomic E-state index is 9.99. The first-order chi connectivity index (χ1) is 7.89. The van der Waals surface area contributed by atoms with Crippen molar-refractivity contribution < 1.29 is 9.84 Å². The summed E-state index contributed by atoms with van der Waals surface area (Å²) >= 11 is 0. The van der Waals surface area contributed by atoms with E-state index in [1.165, 1.54) is 12.8 Å². The summed E-state index contributed by atoms with van der Waals surface area (Å²) in [7, 11) is 2.16. The molecule has 3 heteroatoms. The van der Waals surface area contributed by atoms with Crippen LogP contribution in [0.3, 0.4) is 0 Å². The summed E-state index contributed by atoms with van der Waals surface area (Å²) in [5.74, 6) is 0.778. The molecule has 0 spiro atoms. The topological polar surface area (TPSA) is 32.7 Å². The number of nitrogens with zero attached hydrogens (tertiary/aromatic N) is 1. The van der Waals surface area contributed by atoms with Crippen LogP contribution in [-0.2, 0) is 4.74 Å². The van der Waals surface area contributed by atoms with E-state index in [9.17, 15) is 5.11 Å². The zero-order chi connectivity index (χ0) is 12.9. The largest absolute Gasteiger partial charge is 0.393 e.